The molecule has 0 saturated carbocycles. The minimum Gasteiger partial charge on any atom is -0.478 e. The molecule has 28 heavy (non-hydrogen) atoms. The van der Waals surface area contributed by atoms with Gasteiger partial charge >= 0.3 is 5.97 Å². The second kappa shape index (κ2) is 8.00. The maximum absolute atomic E-state index is 12.8. The minimum absolute atomic E-state index is 0.165. The molecule has 0 fully saturated rings. The molecule has 0 saturated heterocycles. The topological polar surface area (TPSA) is 78.3 Å². The maximum atomic E-state index is 12.8. The fraction of sp³-hybridized carbons (Fsp3) is 0.182. The monoisotopic (exact) mass is 377 g/mol. The summed E-state index contributed by atoms with van der Waals surface area (Å²) in [7, 11) is 0. The van der Waals surface area contributed by atoms with Crippen LogP contribution in [0.3, 0.4) is 0 Å². The molecule has 0 aliphatic carbocycles. The molecule has 0 unspecified atom stereocenters. The molecule has 2 aromatic carbocycles. The standard InChI is InChI=1S/C22H23N3O3/c1-4-24(5-2)18-10-6-16(7-11-18)14-20-15(3)23-25(21(20)26)19-12-8-17(9-13-19)22(27)28/h6-14,23H,3-5H2,1-2H3,(H,27,28). The van der Waals surface area contributed by atoms with Gasteiger partial charge in [-0.05, 0) is 61.9 Å². The largest absolute Gasteiger partial charge is 0.478 e. The molecule has 1 heterocycles. The quantitative estimate of drug-likeness (QED) is 0.688. The Labute approximate surface area is 162 Å². The SMILES string of the molecule is C=c1[nH]n(-c2ccc(C(=O)O)cc2)c(=O)c1=Cc1ccc(N(CC)CC)cc1. The number of carbonyl (C=O) groups is 1. The highest BCUT2D eigenvalue weighted by molar-refractivity contribution is 5.87. The summed E-state index contributed by atoms with van der Waals surface area (Å²) in [6.45, 7) is 10.0. The van der Waals surface area contributed by atoms with Crippen LogP contribution in [0.1, 0.15) is 29.8 Å². The van der Waals surface area contributed by atoms with Gasteiger partial charge in [-0.15, -0.1) is 0 Å². The van der Waals surface area contributed by atoms with Crippen molar-refractivity contribution in [3.8, 4) is 5.69 Å². The normalized spacial score (nSPS) is 11.6. The van der Waals surface area contributed by atoms with E-state index in [9.17, 15) is 9.59 Å². The number of hydrogen-bond donors (Lipinski definition) is 2. The third-order valence-electron chi connectivity index (χ3n) is 4.71. The van der Waals surface area contributed by atoms with Crippen molar-refractivity contribution in [2.24, 2.45) is 0 Å². The van der Waals surface area contributed by atoms with E-state index >= 15 is 0 Å². The molecule has 3 rings (SSSR count). The molecule has 0 atom stereocenters. The third kappa shape index (κ3) is 3.76. The second-order valence-corrected chi connectivity index (χ2v) is 6.40. The molecule has 6 nitrogen and oxygen atoms in total. The molecule has 144 valence electrons. The second-order valence-electron chi connectivity index (χ2n) is 6.40. The highest BCUT2D eigenvalue weighted by atomic mass is 16.4. The number of benzene rings is 2. The van der Waals surface area contributed by atoms with Gasteiger partial charge in [-0.3, -0.25) is 9.89 Å². The highest BCUT2D eigenvalue weighted by Gasteiger charge is 2.07. The Bertz CT molecular complexity index is 1140. The van der Waals surface area contributed by atoms with Crippen molar-refractivity contribution in [1.82, 2.24) is 9.78 Å². The van der Waals surface area contributed by atoms with Gasteiger partial charge in [0.2, 0.25) is 0 Å². The van der Waals surface area contributed by atoms with E-state index in [4.69, 9.17) is 5.11 Å². The Balaban J connectivity index is 1.99. The first-order valence-electron chi connectivity index (χ1n) is 9.15. The third-order valence-corrected chi connectivity index (χ3v) is 4.71. The summed E-state index contributed by atoms with van der Waals surface area (Å²) in [6, 6.07) is 14.1. The number of anilines is 1. The van der Waals surface area contributed by atoms with Gasteiger partial charge in [0.15, 0.2) is 0 Å². The molecule has 0 spiro atoms. The highest BCUT2D eigenvalue weighted by Crippen LogP contribution is 2.15. The van der Waals surface area contributed by atoms with E-state index in [1.54, 1.807) is 18.2 Å². The van der Waals surface area contributed by atoms with Gasteiger partial charge < -0.3 is 10.0 Å². The molecule has 0 radical (unpaired) electrons. The lowest BCUT2D eigenvalue weighted by Gasteiger charge is -2.20. The number of carboxylic acids is 1. The summed E-state index contributed by atoms with van der Waals surface area (Å²) >= 11 is 0. The fourth-order valence-electron chi connectivity index (χ4n) is 3.12. The average molecular weight is 377 g/mol. The number of nitrogens with one attached hydrogen (secondary N) is 1. The number of rotatable bonds is 6. The summed E-state index contributed by atoms with van der Waals surface area (Å²) in [5.74, 6) is -1.01. The molecule has 0 amide bonds. The molecule has 0 aliphatic heterocycles. The lowest BCUT2D eigenvalue weighted by Crippen LogP contribution is -2.33. The predicted octanol–water partition coefficient (Wildman–Crippen LogP) is 1.95. The Morgan fingerprint density at radius 1 is 1.11 bits per heavy atom. The molecular formula is C22H23N3O3. The van der Waals surface area contributed by atoms with Crippen molar-refractivity contribution in [1.29, 1.82) is 0 Å². The first kappa shape index (κ1) is 19.2. The molecule has 1 aromatic heterocycles. The number of aromatic amines is 1. The smallest absolute Gasteiger partial charge is 0.335 e. The number of hydrogen-bond acceptors (Lipinski definition) is 3. The van der Waals surface area contributed by atoms with Crippen LogP contribution >= 0.6 is 0 Å². The molecular weight excluding hydrogens is 354 g/mol. The van der Waals surface area contributed by atoms with Crippen LogP contribution in [-0.4, -0.2) is 33.9 Å². The number of H-pyrrole nitrogens is 1. The fourth-order valence-corrected chi connectivity index (χ4v) is 3.12. The van der Waals surface area contributed by atoms with Crippen molar-refractivity contribution < 1.29 is 9.90 Å². The van der Waals surface area contributed by atoms with E-state index in [1.165, 1.54) is 16.8 Å². The summed E-state index contributed by atoms with van der Waals surface area (Å²) in [6.07, 6.45) is 1.80. The number of carboxylic acid groups (broad SMARTS) is 1. The van der Waals surface area contributed by atoms with Crippen LogP contribution in [0, 0.1) is 0 Å². The van der Waals surface area contributed by atoms with E-state index in [-0.39, 0.29) is 11.1 Å². The van der Waals surface area contributed by atoms with E-state index in [0.717, 1.165) is 24.3 Å². The van der Waals surface area contributed by atoms with Crippen molar-refractivity contribution in [2.75, 3.05) is 18.0 Å². The van der Waals surface area contributed by atoms with Gasteiger partial charge in [0, 0.05) is 18.8 Å². The van der Waals surface area contributed by atoms with E-state index in [1.807, 2.05) is 24.3 Å². The summed E-state index contributed by atoms with van der Waals surface area (Å²) in [5.41, 5.74) is 2.53. The number of aromatic nitrogens is 2. The first-order chi connectivity index (χ1) is 13.4. The zero-order valence-electron chi connectivity index (χ0n) is 16.0. The van der Waals surface area contributed by atoms with Crippen LogP contribution in [0.4, 0.5) is 5.69 Å². The summed E-state index contributed by atoms with van der Waals surface area (Å²) in [5, 5.41) is 12.9. The van der Waals surface area contributed by atoms with Crippen LogP contribution in [0.5, 0.6) is 0 Å². The summed E-state index contributed by atoms with van der Waals surface area (Å²) < 4.78 is 1.37. The van der Waals surface area contributed by atoms with Crippen molar-refractivity contribution >= 4 is 24.3 Å². The zero-order valence-corrected chi connectivity index (χ0v) is 16.0. The Hall–Kier alpha value is -3.54. The van der Waals surface area contributed by atoms with Gasteiger partial charge in [0.05, 0.1) is 21.8 Å². The Kier molecular flexibility index (Phi) is 5.49. The van der Waals surface area contributed by atoms with Crippen molar-refractivity contribution in [3.05, 3.63) is 80.6 Å². The van der Waals surface area contributed by atoms with Crippen LogP contribution in [0.25, 0.3) is 18.3 Å². The molecule has 6 heteroatoms. The molecule has 0 bridgehead atoms. The minimum atomic E-state index is -1.01. The lowest BCUT2D eigenvalue weighted by atomic mass is 10.1. The summed E-state index contributed by atoms with van der Waals surface area (Å²) in [4.78, 5) is 26.1. The number of aromatic carboxylic acids is 1. The van der Waals surface area contributed by atoms with E-state index in [2.05, 4.69) is 30.4 Å². The average Bonchev–Trinajstić information content (AvgIpc) is 2.98. The van der Waals surface area contributed by atoms with Gasteiger partial charge in [-0.2, -0.15) is 0 Å². The van der Waals surface area contributed by atoms with Gasteiger partial charge in [-0.1, -0.05) is 18.7 Å². The lowest BCUT2D eigenvalue weighted by molar-refractivity contribution is 0.0697. The molecule has 2 N–H and O–H groups in total. The van der Waals surface area contributed by atoms with Crippen LogP contribution in [-0.2, 0) is 0 Å². The first-order valence-corrected chi connectivity index (χ1v) is 9.15. The predicted molar refractivity (Wildman–Crippen MR) is 112 cm³/mol. The van der Waals surface area contributed by atoms with Gasteiger partial charge in [0.25, 0.3) is 5.56 Å². The van der Waals surface area contributed by atoms with Gasteiger partial charge in [0.1, 0.15) is 0 Å². The van der Waals surface area contributed by atoms with Crippen LogP contribution < -0.4 is 21.0 Å². The molecule has 0 aliphatic rings. The van der Waals surface area contributed by atoms with E-state index < -0.39 is 5.97 Å². The maximum Gasteiger partial charge on any atom is 0.335 e. The van der Waals surface area contributed by atoms with Crippen molar-refractivity contribution in [3.63, 3.8) is 0 Å². The van der Waals surface area contributed by atoms with E-state index in [0.29, 0.717) is 16.3 Å². The zero-order chi connectivity index (χ0) is 20.3. The Morgan fingerprint density at radius 2 is 1.71 bits per heavy atom. The van der Waals surface area contributed by atoms with Crippen LogP contribution in [0.2, 0.25) is 0 Å². The van der Waals surface area contributed by atoms with Crippen molar-refractivity contribution in [2.45, 2.75) is 13.8 Å². The van der Waals surface area contributed by atoms with Gasteiger partial charge in [-0.25, -0.2) is 9.48 Å². The van der Waals surface area contributed by atoms with Crippen LogP contribution in [0.15, 0.2) is 53.3 Å². The number of nitrogens with zero attached hydrogens (tertiary/aromatic N) is 2. The molecule has 3 aromatic rings. The Morgan fingerprint density at radius 3 is 2.25 bits per heavy atom.